The van der Waals surface area contributed by atoms with E-state index in [2.05, 4.69) is 0 Å². The summed E-state index contributed by atoms with van der Waals surface area (Å²) in [6.07, 6.45) is 0. The third-order valence-corrected chi connectivity index (χ3v) is 5.83. The van der Waals surface area contributed by atoms with Crippen molar-refractivity contribution in [1.29, 1.82) is 0 Å². The van der Waals surface area contributed by atoms with Gasteiger partial charge in [-0.3, -0.25) is 14.5 Å². The van der Waals surface area contributed by atoms with Gasteiger partial charge in [0.2, 0.25) is 0 Å². The molecule has 1 atom stereocenters. The van der Waals surface area contributed by atoms with Gasteiger partial charge in [0.05, 0.1) is 31.4 Å². The van der Waals surface area contributed by atoms with Gasteiger partial charge in [-0.2, -0.15) is 0 Å². The Hall–Kier alpha value is -4.06. The molecule has 1 N–H and O–H groups in total. The van der Waals surface area contributed by atoms with Crippen LogP contribution in [0, 0.1) is 13.8 Å². The second-order valence-electron chi connectivity index (χ2n) is 7.94. The zero-order valence-electron chi connectivity index (χ0n) is 19.0. The van der Waals surface area contributed by atoms with Crippen LogP contribution in [0.5, 0.6) is 11.5 Å². The molecular weight excluding hydrogens is 418 g/mol. The van der Waals surface area contributed by atoms with Gasteiger partial charge in [0.25, 0.3) is 11.7 Å². The molecule has 3 aromatic rings. The topological polar surface area (TPSA) is 76.1 Å². The molecule has 1 aliphatic rings. The summed E-state index contributed by atoms with van der Waals surface area (Å²) in [4.78, 5) is 28.1. The Bertz CT molecular complexity index is 1280. The highest BCUT2D eigenvalue weighted by Crippen LogP contribution is 2.44. The minimum atomic E-state index is -0.841. The first-order valence-electron chi connectivity index (χ1n) is 10.5. The highest BCUT2D eigenvalue weighted by atomic mass is 16.5. The summed E-state index contributed by atoms with van der Waals surface area (Å²) in [7, 11) is 3.04. The number of hydrogen-bond donors (Lipinski definition) is 1. The molecule has 0 bridgehead atoms. The van der Waals surface area contributed by atoms with Crippen molar-refractivity contribution in [2.45, 2.75) is 19.9 Å². The lowest BCUT2D eigenvalue weighted by molar-refractivity contribution is -0.132. The summed E-state index contributed by atoms with van der Waals surface area (Å²) in [6, 6.07) is 18.8. The molecule has 168 valence electrons. The molecule has 1 unspecified atom stereocenters. The van der Waals surface area contributed by atoms with E-state index >= 15 is 0 Å². The number of methoxy groups -OCH3 is 2. The number of amides is 1. The number of carbonyl (C=O) groups excluding carboxylic acids is 2. The van der Waals surface area contributed by atoms with Crippen LogP contribution in [-0.2, 0) is 9.59 Å². The molecule has 4 rings (SSSR count). The number of nitrogens with zero attached hydrogens (tertiary/aromatic N) is 1. The minimum Gasteiger partial charge on any atom is -0.507 e. The zero-order chi connectivity index (χ0) is 23.7. The van der Waals surface area contributed by atoms with Crippen LogP contribution in [0.3, 0.4) is 0 Å². The lowest BCUT2D eigenvalue weighted by Crippen LogP contribution is -2.30. The lowest BCUT2D eigenvalue weighted by atomic mass is 9.94. The van der Waals surface area contributed by atoms with Crippen molar-refractivity contribution < 1.29 is 24.2 Å². The van der Waals surface area contributed by atoms with Crippen molar-refractivity contribution in [2.24, 2.45) is 0 Å². The number of para-hydroxylation sites is 1. The summed E-state index contributed by atoms with van der Waals surface area (Å²) in [5.41, 5.74) is 3.48. The molecule has 1 saturated heterocycles. The van der Waals surface area contributed by atoms with Crippen molar-refractivity contribution >= 4 is 23.1 Å². The first-order chi connectivity index (χ1) is 15.9. The normalized spacial score (nSPS) is 17.3. The van der Waals surface area contributed by atoms with Crippen LogP contribution < -0.4 is 14.4 Å². The van der Waals surface area contributed by atoms with E-state index in [1.165, 1.54) is 12.0 Å². The van der Waals surface area contributed by atoms with Crippen molar-refractivity contribution in [1.82, 2.24) is 0 Å². The molecule has 6 nitrogen and oxygen atoms in total. The van der Waals surface area contributed by atoms with E-state index in [0.717, 1.165) is 11.1 Å². The van der Waals surface area contributed by atoms with E-state index in [-0.39, 0.29) is 11.3 Å². The van der Waals surface area contributed by atoms with Gasteiger partial charge in [-0.1, -0.05) is 42.0 Å². The van der Waals surface area contributed by atoms with E-state index in [1.807, 2.05) is 38.1 Å². The van der Waals surface area contributed by atoms with Gasteiger partial charge < -0.3 is 14.6 Å². The predicted molar refractivity (Wildman–Crippen MR) is 127 cm³/mol. The Labute approximate surface area is 192 Å². The second kappa shape index (κ2) is 8.82. The zero-order valence-corrected chi connectivity index (χ0v) is 19.0. The molecule has 0 saturated carbocycles. The van der Waals surface area contributed by atoms with E-state index in [4.69, 9.17) is 9.47 Å². The number of Topliss-reactive ketones (excluding diaryl/α,β-unsaturated/α-hetero) is 1. The van der Waals surface area contributed by atoms with E-state index in [9.17, 15) is 14.7 Å². The number of hydrogen-bond acceptors (Lipinski definition) is 5. The average molecular weight is 443 g/mol. The van der Waals surface area contributed by atoms with Gasteiger partial charge >= 0.3 is 0 Å². The number of aliphatic hydroxyl groups excluding tert-OH is 1. The van der Waals surface area contributed by atoms with Crippen LogP contribution in [0.4, 0.5) is 5.69 Å². The Kier molecular flexibility index (Phi) is 5.92. The van der Waals surface area contributed by atoms with Crippen molar-refractivity contribution in [2.75, 3.05) is 19.1 Å². The Morgan fingerprint density at radius 3 is 2.36 bits per heavy atom. The van der Waals surface area contributed by atoms with E-state index in [0.29, 0.717) is 28.3 Å². The number of carbonyl (C=O) groups is 2. The first kappa shape index (κ1) is 22.1. The SMILES string of the molecule is COc1cccc(C2/C(=C(\O)c3ccccc3OC)C(=O)C(=O)N2c2ccc(C)cc2C)c1. The highest BCUT2D eigenvalue weighted by Gasteiger charge is 2.47. The molecule has 3 aromatic carbocycles. The van der Waals surface area contributed by atoms with Crippen molar-refractivity contribution in [3.63, 3.8) is 0 Å². The van der Waals surface area contributed by atoms with E-state index < -0.39 is 17.7 Å². The predicted octanol–water partition coefficient (Wildman–Crippen LogP) is 4.95. The lowest BCUT2D eigenvalue weighted by Gasteiger charge is -2.27. The number of benzene rings is 3. The van der Waals surface area contributed by atoms with Crippen LogP contribution in [0.15, 0.2) is 72.3 Å². The van der Waals surface area contributed by atoms with Crippen LogP contribution in [0.1, 0.15) is 28.3 Å². The third-order valence-electron chi connectivity index (χ3n) is 5.83. The molecule has 0 aliphatic carbocycles. The van der Waals surface area contributed by atoms with Crippen LogP contribution in [-0.4, -0.2) is 31.0 Å². The smallest absolute Gasteiger partial charge is 0.300 e. The van der Waals surface area contributed by atoms with Gasteiger partial charge in [-0.05, 0) is 55.3 Å². The fourth-order valence-electron chi connectivity index (χ4n) is 4.27. The number of aliphatic hydroxyl groups is 1. The van der Waals surface area contributed by atoms with Crippen molar-refractivity contribution in [3.8, 4) is 11.5 Å². The van der Waals surface area contributed by atoms with Crippen molar-refractivity contribution in [3.05, 3.63) is 94.6 Å². The number of aryl methyl sites for hydroxylation is 2. The summed E-state index contributed by atoms with van der Waals surface area (Å²) in [5, 5.41) is 11.3. The molecule has 1 aliphatic heterocycles. The first-order valence-corrected chi connectivity index (χ1v) is 10.5. The van der Waals surface area contributed by atoms with E-state index in [1.54, 1.807) is 49.6 Å². The standard InChI is InChI=1S/C27H25NO5/c1-16-12-13-21(17(2)14-16)28-24(18-8-7-9-19(15-18)32-3)23(26(30)27(28)31)25(29)20-10-5-6-11-22(20)33-4/h5-15,24,29H,1-4H3/b25-23+. The Morgan fingerprint density at radius 2 is 1.67 bits per heavy atom. The highest BCUT2D eigenvalue weighted by molar-refractivity contribution is 6.51. The molecule has 0 aromatic heterocycles. The molecule has 1 heterocycles. The van der Waals surface area contributed by atoms with Crippen LogP contribution in [0.25, 0.3) is 5.76 Å². The summed E-state index contributed by atoms with van der Waals surface area (Å²) >= 11 is 0. The average Bonchev–Trinajstić information content (AvgIpc) is 3.09. The molecule has 1 fully saturated rings. The van der Waals surface area contributed by atoms with Gasteiger partial charge in [-0.15, -0.1) is 0 Å². The maximum Gasteiger partial charge on any atom is 0.300 e. The quantitative estimate of drug-likeness (QED) is 0.343. The number of anilines is 1. The molecule has 6 heteroatoms. The summed E-state index contributed by atoms with van der Waals surface area (Å²) in [5.74, 6) is -0.767. The Balaban J connectivity index is 2.00. The van der Waals surface area contributed by atoms with Gasteiger partial charge in [-0.25, -0.2) is 0 Å². The van der Waals surface area contributed by atoms with Crippen LogP contribution >= 0.6 is 0 Å². The molecule has 0 spiro atoms. The number of ketones is 1. The molecule has 0 radical (unpaired) electrons. The maximum atomic E-state index is 13.4. The summed E-state index contributed by atoms with van der Waals surface area (Å²) in [6.45, 7) is 3.86. The fraction of sp³-hybridized carbons (Fsp3) is 0.185. The second-order valence-corrected chi connectivity index (χ2v) is 7.94. The third kappa shape index (κ3) is 3.84. The monoisotopic (exact) mass is 443 g/mol. The summed E-state index contributed by atoms with van der Waals surface area (Å²) < 4.78 is 10.8. The molecule has 33 heavy (non-hydrogen) atoms. The molecule has 1 amide bonds. The fourth-order valence-corrected chi connectivity index (χ4v) is 4.27. The molecular formula is C27H25NO5. The van der Waals surface area contributed by atoms with Gasteiger partial charge in [0.1, 0.15) is 17.3 Å². The Morgan fingerprint density at radius 1 is 0.909 bits per heavy atom. The van der Waals surface area contributed by atoms with Gasteiger partial charge in [0.15, 0.2) is 0 Å². The largest absolute Gasteiger partial charge is 0.507 e. The number of ether oxygens (including phenoxy) is 2. The minimum absolute atomic E-state index is 0.00210. The maximum absolute atomic E-state index is 13.4. The van der Waals surface area contributed by atoms with Crippen LogP contribution in [0.2, 0.25) is 0 Å². The van der Waals surface area contributed by atoms with Gasteiger partial charge in [0, 0.05) is 5.69 Å². The number of rotatable bonds is 5.